The first-order chi connectivity index (χ1) is 12.5. The Kier molecular flexibility index (Phi) is 6.43. The van der Waals surface area contributed by atoms with Crippen LogP contribution in [0, 0.1) is 5.92 Å². The highest BCUT2D eigenvalue weighted by Gasteiger charge is 2.35. The molecule has 0 N–H and O–H groups in total. The summed E-state index contributed by atoms with van der Waals surface area (Å²) in [6, 6.07) is 5.77. The predicted molar refractivity (Wildman–Crippen MR) is 103 cm³/mol. The summed E-state index contributed by atoms with van der Waals surface area (Å²) in [6.45, 7) is 8.52. The molecule has 6 heteroatoms. The number of hydrogen-bond donors (Lipinski definition) is 0. The number of ether oxygens (including phenoxy) is 2. The molecule has 2 fully saturated rings. The van der Waals surface area contributed by atoms with Gasteiger partial charge >= 0.3 is 0 Å². The number of carbonyl (C=O) groups is 1. The number of piperazine rings is 1. The number of fused-ring (bicyclic) bond motifs is 1. The van der Waals surface area contributed by atoms with Gasteiger partial charge in [-0.05, 0) is 30.9 Å². The molecule has 2 saturated heterocycles. The third kappa shape index (κ3) is 4.33. The largest absolute Gasteiger partial charge is 0.495 e. The maximum absolute atomic E-state index is 12.9. The number of halogens is 1. The van der Waals surface area contributed by atoms with Gasteiger partial charge in [0.2, 0.25) is 0 Å². The van der Waals surface area contributed by atoms with Crippen LogP contribution in [0.3, 0.4) is 0 Å². The van der Waals surface area contributed by atoms with Crippen molar-refractivity contribution in [3.8, 4) is 5.75 Å². The second-order valence-electron chi connectivity index (χ2n) is 7.65. The summed E-state index contributed by atoms with van der Waals surface area (Å²) in [7, 11) is 1.56. The van der Waals surface area contributed by atoms with E-state index in [-0.39, 0.29) is 5.91 Å². The van der Waals surface area contributed by atoms with Gasteiger partial charge in [0.15, 0.2) is 0 Å². The average molecular weight is 381 g/mol. The fourth-order valence-corrected chi connectivity index (χ4v) is 4.08. The summed E-state index contributed by atoms with van der Waals surface area (Å²) in [4.78, 5) is 17.4. The third-order valence-corrected chi connectivity index (χ3v) is 5.62. The van der Waals surface area contributed by atoms with Crippen LogP contribution >= 0.6 is 11.6 Å². The lowest BCUT2D eigenvalue weighted by molar-refractivity contribution is -0.0469. The van der Waals surface area contributed by atoms with Crippen molar-refractivity contribution in [3.63, 3.8) is 0 Å². The number of benzene rings is 1. The summed E-state index contributed by atoms with van der Waals surface area (Å²) in [5, 5.41) is 0.397. The summed E-state index contributed by atoms with van der Waals surface area (Å²) >= 11 is 6.34. The standard InChI is InChI=1S/C20H29ClN2O3/c1-14(2)13-26-16-8-7-15-11-23(10-9-22(15)12-16)20(24)17-5-4-6-18(25-3)19(17)21/h4-6,14-16H,7-13H2,1-3H3/t15-,16+/m0/s1. The zero-order chi connectivity index (χ0) is 18.7. The summed E-state index contributed by atoms with van der Waals surface area (Å²) in [6.07, 6.45) is 2.46. The molecule has 0 aromatic heterocycles. The lowest BCUT2D eigenvalue weighted by Crippen LogP contribution is -2.58. The lowest BCUT2D eigenvalue weighted by atomic mass is 9.97. The highest BCUT2D eigenvalue weighted by atomic mass is 35.5. The molecular formula is C20H29ClN2O3. The molecule has 5 nitrogen and oxygen atoms in total. The van der Waals surface area contributed by atoms with Crippen molar-refractivity contribution in [2.45, 2.75) is 38.8 Å². The van der Waals surface area contributed by atoms with Crippen LogP contribution in [-0.4, -0.2) is 67.7 Å². The Hall–Kier alpha value is -1.30. The second kappa shape index (κ2) is 8.59. The minimum absolute atomic E-state index is 0.00766. The Bertz CT molecular complexity index is 637. The molecule has 1 aromatic rings. The molecule has 1 aromatic carbocycles. The average Bonchev–Trinajstić information content (AvgIpc) is 2.65. The molecule has 0 unspecified atom stereocenters. The van der Waals surface area contributed by atoms with Gasteiger partial charge in [0, 0.05) is 38.8 Å². The minimum Gasteiger partial charge on any atom is -0.495 e. The van der Waals surface area contributed by atoms with E-state index in [4.69, 9.17) is 21.1 Å². The van der Waals surface area contributed by atoms with Gasteiger partial charge < -0.3 is 14.4 Å². The molecule has 2 heterocycles. The highest BCUT2D eigenvalue weighted by Crippen LogP contribution is 2.30. The Morgan fingerprint density at radius 1 is 1.27 bits per heavy atom. The monoisotopic (exact) mass is 380 g/mol. The Balaban J connectivity index is 1.60. The van der Waals surface area contributed by atoms with Crippen molar-refractivity contribution in [1.29, 1.82) is 0 Å². The smallest absolute Gasteiger partial charge is 0.255 e. The van der Waals surface area contributed by atoms with E-state index in [1.54, 1.807) is 19.2 Å². The van der Waals surface area contributed by atoms with Gasteiger partial charge in [-0.1, -0.05) is 31.5 Å². The molecule has 0 saturated carbocycles. The fraction of sp³-hybridized carbons (Fsp3) is 0.650. The zero-order valence-corrected chi connectivity index (χ0v) is 16.7. The number of hydrogen-bond acceptors (Lipinski definition) is 4. The Morgan fingerprint density at radius 2 is 2.08 bits per heavy atom. The van der Waals surface area contributed by atoms with E-state index >= 15 is 0 Å². The first kappa shape index (κ1) is 19.5. The number of rotatable bonds is 5. The maximum atomic E-state index is 12.9. The summed E-state index contributed by atoms with van der Waals surface area (Å²) < 4.78 is 11.3. The van der Waals surface area contributed by atoms with Crippen LogP contribution in [0.1, 0.15) is 37.0 Å². The summed E-state index contributed by atoms with van der Waals surface area (Å²) in [5.74, 6) is 1.10. The molecule has 2 atom stereocenters. The molecular weight excluding hydrogens is 352 g/mol. The molecule has 3 rings (SSSR count). The van der Waals surface area contributed by atoms with Gasteiger partial charge in [0.05, 0.1) is 23.8 Å². The molecule has 2 aliphatic rings. The number of methoxy groups -OCH3 is 1. The first-order valence-electron chi connectivity index (χ1n) is 9.47. The zero-order valence-electron chi connectivity index (χ0n) is 15.9. The van der Waals surface area contributed by atoms with Gasteiger partial charge in [-0.3, -0.25) is 9.69 Å². The van der Waals surface area contributed by atoms with Crippen LogP contribution < -0.4 is 4.74 Å². The normalized spacial score (nSPS) is 23.8. The summed E-state index contributed by atoms with van der Waals surface area (Å²) in [5.41, 5.74) is 0.522. The maximum Gasteiger partial charge on any atom is 0.255 e. The van der Waals surface area contributed by atoms with Gasteiger partial charge in [-0.25, -0.2) is 0 Å². The number of carbonyl (C=O) groups excluding carboxylic acids is 1. The van der Waals surface area contributed by atoms with Crippen molar-refractivity contribution in [2.75, 3.05) is 39.9 Å². The number of piperidine rings is 1. The van der Waals surface area contributed by atoms with Gasteiger partial charge in [-0.2, -0.15) is 0 Å². The first-order valence-corrected chi connectivity index (χ1v) is 9.84. The number of nitrogens with zero attached hydrogens (tertiary/aromatic N) is 2. The second-order valence-corrected chi connectivity index (χ2v) is 8.03. The van der Waals surface area contributed by atoms with E-state index in [1.165, 1.54) is 0 Å². The fourth-order valence-electron chi connectivity index (χ4n) is 3.79. The van der Waals surface area contributed by atoms with E-state index in [9.17, 15) is 4.79 Å². The molecule has 0 spiro atoms. The molecule has 0 aliphatic carbocycles. The van der Waals surface area contributed by atoms with Crippen molar-refractivity contribution in [2.24, 2.45) is 5.92 Å². The molecule has 26 heavy (non-hydrogen) atoms. The van der Waals surface area contributed by atoms with Crippen molar-refractivity contribution in [3.05, 3.63) is 28.8 Å². The van der Waals surface area contributed by atoms with Crippen LogP contribution in [-0.2, 0) is 4.74 Å². The topological polar surface area (TPSA) is 42.0 Å². The van der Waals surface area contributed by atoms with Gasteiger partial charge in [-0.15, -0.1) is 0 Å². The highest BCUT2D eigenvalue weighted by molar-refractivity contribution is 6.35. The van der Waals surface area contributed by atoms with Crippen molar-refractivity contribution >= 4 is 17.5 Å². The van der Waals surface area contributed by atoms with Crippen LogP contribution in [0.2, 0.25) is 5.02 Å². The predicted octanol–water partition coefficient (Wildman–Crippen LogP) is 3.31. The molecule has 144 valence electrons. The van der Waals surface area contributed by atoms with E-state index in [2.05, 4.69) is 18.7 Å². The van der Waals surface area contributed by atoms with Crippen LogP contribution in [0.25, 0.3) is 0 Å². The van der Waals surface area contributed by atoms with Crippen LogP contribution in [0.15, 0.2) is 18.2 Å². The Morgan fingerprint density at radius 3 is 2.81 bits per heavy atom. The van der Waals surface area contributed by atoms with Crippen molar-refractivity contribution < 1.29 is 14.3 Å². The third-order valence-electron chi connectivity index (χ3n) is 5.23. The van der Waals surface area contributed by atoms with E-state index in [0.717, 1.165) is 45.6 Å². The molecule has 0 radical (unpaired) electrons. The quantitative estimate of drug-likeness (QED) is 0.785. The molecule has 1 amide bonds. The van der Waals surface area contributed by atoms with Crippen LogP contribution in [0.4, 0.5) is 0 Å². The van der Waals surface area contributed by atoms with Crippen LogP contribution in [0.5, 0.6) is 5.75 Å². The van der Waals surface area contributed by atoms with E-state index < -0.39 is 0 Å². The Labute approximate surface area is 161 Å². The number of amides is 1. The van der Waals surface area contributed by atoms with Gasteiger partial charge in [0.1, 0.15) is 5.75 Å². The molecule has 0 bridgehead atoms. The minimum atomic E-state index is -0.00766. The lowest BCUT2D eigenvalue weighted by Gasteiger charge is -2.46. The van der Waals surface area contributed by atoms with Gasteiger partial charge in [0.25, 0.3) is 5.91 Å². The SMILES string of the molecule is COc1cccc(C(=O)N2CCN3C[C@H](OCC(C)C)CC[C@H]3C2)c1Cl. The van der Waals surface area contributed by atoms with E-state index in [1.807, 2.05) is 11.0 Å². The molecule has 2 aliphatic heterocycles. The van der Waals surface area contributed by atoms with E-state index in [0.29, 0.717) is 34.4 Å². The van der Waals surface area contributed by atoms with Crippen molar-refractivity contribution in [1.82, 2.24) is 9.80 Å².